The second-order valence-electron chi connectivity index (χ2n) is 7.49. The molecule has 0 aliphatic carbocycles. The maximum atomic E-state index is 13.1. The van der Waals surface area contributed by atoms with Crippen LogP contribution in [0, 0.1) is 20.2 Å². The van der Waals surface area contributed by atoms with Gasteiger partial charge >= 0.3 is 5.97 Å². The number of esters is 1. The SMILES string of the molecule is C=C[C@H](c1ccccc1)[C@H](OC(=O)c1cc([N+](=O)[O-])cc([N+](=O)[O-])c1)[C@H](C)c1ccccc1. The fourth-order valence-corrected chi connectivity index (χ4v) is 3.68. The van der Waals surface area contributed by atoms with Crippen LogP contribution in [0.25, 0.3) is 0 Å². The summed E-state index contributed by atoms with van der Waals surface area (Å²) < 4.78 is 5.87. The van der Waals surface area contributed by atoms with Gasteiger partial charge in [-0.3, -0.25) is 20.2 Å². The highest BCUT2D eigenvalue weighted by atomic mass is 16.6. The van der Waals surface area contributed by atoms with Crippen molar-refractivity contribution in [1.29, 1.82) is 0 Å². The highest BCUT2D eigenvalue weighted by Gasteiger charge is 2.32. The van der Waals surface area contributed by atoms with Crippen molar-refractivity contribution in [3.63, 3.8) is 0 Å². The van der Waals surface area contributed by atoms with Crippen LogP contribution in [-0.4, -0.2) is 21.9 Å². The average molecular weight is 446 g/mol. The Kier molecular flexibility index (Phi) is 7.30. The lowest BCUT2D eigenvalue weighted by Crippen LogP contribution is -2.30. The average Bonchev–Trinajstić information content (AvgIpc) is 2.84. The number of nitrogens with zero attached hydrogens (tertiary/aromatic N) is 2. The van der Waals surface area contributed by atoms with E-state index in [4.69, 9.17) is 4.74 Å². The van der Waals surface area contributed by atoms with Gasteiger partial charge in [0.15, 0.2) is 0 Å². The van der Waals surface area contributed by atoms with Gasteiger partial charge in [0.25, 0.3) is 11.4 Å². The maximum Gasteiger partial charge on any atom is 0.338 e. The predicted molar refractivity (Wildman–Crippen MR) is 123 cm³/mol. The molecule has 0 spiro atoms. The smallest absolute Gasteiger partial charge is 0.338 e. The molecule has 0 radical (unpaired) electrons. The third-order valence-electron chi connectivity index (χ3n) is 5.41. The summed E-state index contributed by atoms with van der Waals surface area (Å²) in [7, 11) is 0. The van der Waals surface area contributed by atoms with Crippen LogP contribution < -0.4 is 0 Å². The molecule has 8 heteroatoms. The summed E-state index contributed by atoms with van der Waals surface area (Å²) in [5.41, 5.74) is 0.400. The second-order valence-corrected chi connectivity index (χ2v) is 7.49. The minimum atomic E-state index is -0.891. The molecule has 0 saturated carbocycles. The minimum absolute atomic E-state index is 0.267. The standard InChI is InChI=1S/C25H22N2O6/c1-3-23(19-12-8-5-9-13-19)24(17(2)18-10-6-4-7-11-18)33-25(28)20-14-21(26(29)30)16-22(15-20)27(31)32/h3-17,23-24H,1H2,2H3/t17-,23-,24-/m1/s1. The number of nitro groups is 2. The van der Waals surface area contributed by atoms with Gasteiger partial charge in [-0.05, 0) is 11.1 Å². The van der Waals surface area contributed by atoms with E-state index >= 15 is 0 Å². The quantitative estimate of drug-likeness (QED) is 0.178. The van der Waals surface area contributed by atoms with Crippen LogP contribution in [-0.2, 0) is 4.74 Å². The van der Waals surface area contributed by atoms with Gasteiger partial charge in [0.1, 0.15) is 6.10 Å². The first-order valence-corrected chi connectivity index (χ1v) is 10.2. The molecule has 0 aromatic heterocycles. The highest BCUT2D eigenvalue weighted by molar-refractivity contribution is 5.91. The van der Waals surface area contributed by atoms with Crippen molar-refractivity contribution in [1.82, 2.24) is 0 Å². The van der Waals surface area contributed by atoms with E-state index in [9.17, 15) is 25.0 Å². The monoisotopic (exact) mass is 446 g/mol. The molecule has 0 amide bonds. The summed E-state index contributed by atoms with van der Waals surface area (Å²) in [4.78, 5) is 34.0. The molecule has 0 aliphatic rings. The Bertz CT molecular complexity index is 1130. The highest BCUT2D eigenvalue weighted by Crippen LogP contribution is 2.35. The van der Waals surface area contributed by atoms with Crippen LogP contribution in [0.1, 0.15) is 40.2 Å². The lowest BCUT2D eigenvalue weighted by atomic mass is 9.83. The summed E-state index contributed by atoms with van der Waals surface area (Å²) >= 11 is 0. The van der Waals surface area contributed by atoms with Crippen molar-refractivity contribution in [2.75, 3.05) is 0 Å². The number of carbonyl (C=O) groups is 1. The summed E-state index contributed by atoms with van der Waals surface area (Å²) in [6, 6.07) is 21.6. The van der Waals surface area contributed by atoms with Crippen molar-refractivity contribution >= 4 is 17.3 Å². The number of rotatable bonds is 9. The number of hydrogen-bond acceptors (Lipinski definition) is 6. The third kappa shape index (κ3) is 5.48. The molecule has 0 fully saturated rings. The first kappa shape index (κ1) is 23.3. The molecular formula is C25H22N2O6. The first-order valence-electron chi connectivity index (χ1n) is 10.2. The number of non-ortho nitro benzene ring substituents is 2. The minimum Gasteiger partial charge on any atom is -0.457 e. The molecule has 0 saturated heterocycles. The van der Waals surface area contributed by atoms with Crippen molar-refractivity contribution in [2.24, 2.45) is 0 Å². The van der Waals surface area contributed by atoms with E-state index in [1.54, 1.807) is 6.08 Å². The summed E-state index contributed by atoms with van der Waals surface area (Å²) in [6.07, 6.45) is 0.959. The zero-order chi connectivity index (χ0) is 24.0. The van der Waals surface area contributed by atoms with Crippen LogP contribution >= 0.6 is 0 Å². The molecule has 33 heavy (non-hydrogen) atoms. The van der Waals surface area contributed by atoms with Gasteiger partial charge in [-0.1, -0.05) is 73.7 Å². The number of nitro benzene ring substituents is 2. The Morgan fingerprint density at radius 3 is 1.82 bits per heavy atom. The van der Waals surface area contributed by atoms with Crippen LogP contribution in [0.2, 0.25) is 0 Å². The molecule has 8 nitrogen and oxygen atoms in total. The van der Waals surface area contributed by atoms with Crippen molar-refractivity contribution in [3.8, 4) is 0 Å². The largest absolute Gasteiger partial charge is 0.457 e. The van der Waals surface area contributed by atoms with Gasteiger partial charge in [-0.2, -0.15) is 0 Å². The van der Waals surface area contributed by atoms with Crippen molar-refractivity contribution in [3.05, 3.63) is 128 Å². The molecule has 3 aromatic rings. The lowest BCUT2D eigenvalue weighted by molar-refractivity contribution is -0.394. The van der Waals surface area contributed by atoms with Gasteiger partial charge in [0.2, 0.25) is 0 Å². The molecule has 0 heterocycles. The Morgan fingerprint density at radius 1 is 0.879 bits per heavy atom. The topological polar surface area (TPSA) is 113 Å². The molecule has 0 unspecified atom stereocenters. The molecule has 0 aliphatic heterocycles. The van der Waals surface area contributed by atoms with E-state index in [1.165, 1.54) is 0 Å². The molecular weight excluding hydrogens is 424 g/mol. The number of benzene rings is 3. The summed E-state index contributed by atoms with van der Waals surface area (Å²) in [5, 5.41) is 22.4. The fraction of sp³-hybridized carbons (Fsp3) is 0.160. The van der Waals surface area contributed by atoms with Crippen LogP contribution in [0.5, 0.6) is 0 Å². The summed E-state index contributed by atoms with van der Waals surface area (Å²) in [5.74, 6) is -1.55. The van der Waals surface area contributed by atoms with Gasteiger partial charge in [0.05, 0.1) is 21.5 Å². The van der Waals surface area contributed by atoms with E-state index in [0.29, 0.717) is 0 Å². The molecule has 3 aromatic carbocycles. The molecule has 3 rings (SSSR count). The van der Waals surface area contributed by atoms with Gasteiger partial charge in [0, 0.05) is 24.0 Å². The van der Waals surface area contributed by atoms with E-state index in [2.05, 4.69) is 6.58 Å². The Balaban J connectivity index is 2.03. The van der Waals surface area contributed by atoms with E-state index in [-0.39, 0.29) is 17.4 Å². The zero-order valence-corrected chi connectivity index (χ0v) is 17.9. The predicted octanol–water partition coefficient (Wildman–Crippen LogP) is 5.80. The lowest BCUT2D eigenvalue weighted by Gasteiger charge is -2.30. The Labute approximate surface area is 190 Å². The normalized spacial score (nSPS) is 13.4. The molecule has 0 bridgehead atoms. The van der Waals surface area contributed by atoms with Crippen LogP contribution in [0.4, 0.5) is 11.4 Å². The summed E-state index contributed by atoms with van der Waals surface area (Å²) in [6.45, 7) is 5.82. The first-order chi connectivity index (χ1) is 15.8. The van der Waals surface area contributed by atoms with Gasteiger partial charge in [-0.25, -0.2) is 4.79 Å². The second kappa shape index (κ2) is 10.3. The fourth-order valence-electron chi connectivity index (χ4n) is 3.68. The maximum absolute atomic E-state index is 13.1. The Morgan fingerprint density at radius 2 is 1.36 bits per heavy atom. The van der Waals surface area contributed by atoms with Crippen LogP contribution in [0.15, 0.2) is 91.5 Å². The third-order valence-corrected chi connectivity index (χ3v) is 5.41. The molecule has 0 N–H and O–H groups in total. The van der Waals surface area contributed by atoms with E-state index < -0.39 is 33.3 Å². The van der Waals surface area contributed by atoms with E-state index in [1.807, 2.05) is 67.6 Å². The number of carbonyl (C=O) groups excluding carboxylic acids is 1. The van der Waals surface area contributed by atoms with Gasteiger partial charge in [-0.15, -0.1) is 6.58 Å². The number of hydrogen-bond donors (Lipinski definition) is 0. The zero-order valence-electron chi connectivity index (χ0n) is 17.9. The van der Waals surface area contributed by atoms with Crippen LogP contribution in [0.3, 0.4) is 0 Å². The van der Waals surface area contributed by atoms with Crippen molar-refractivity contribution in [2.45, 2.75) is 24.9 Å². The van der Waals surface area contributed by atoms with E-state index in [0.717, 1.165) is 29.3 Å². The van der Waals surface area contributed by atoms with Gasteiger partial charge < -0.3 is 4.74 Å². The Hall–Kier alpha value is -4.33. The molecule has 3 atom stereocenters. The van der Waals surface area contributed by atoms with Crippen molar-refractivity contribution < 1.29 is 19.4 Å². The number of ether oxygens (including phenoxy) is 1. The molecule has 168 valence electrons.